The number of halogens is 1. The van der Waals surface area contributed by atoms with Crippen molar-refractivity contribution >= 4 is 29.2 Å². The number of benzene rings is 2. The van der Waals surface area contributed by atoms with Gasteiger partial charge in [-0.2, -0.15) is 0 Å². The first-order chi connectivity index (χ1) is 12.4. The van der Waals surface area contributed by atoms with Gasteiger partial charge < -0.3 is 14.8 Å². The fourth-order valence-corrected chi connectivity index (χ4v) is 2.27. The maximum absolute atomic E-state index is 12.0. The van der Waals surface area contributed by atoms with Gasteiger partial charge in [-0.05, 0) is 68.8 Å². The molecule has 2 aromatic carbocycles. The molecule has 0 fully saturated rings. The number of hydrogen-bond donors (Lipinski definition) is 1. The highest BCUT2D eigenvalue weighted by Crippen LogP contribution is 2.16. The van der Waals surface area contributed by atoms with E-state index in [1.54, 1.807) is 62.4 Å². The van der Waals surface area contributed by atoms with E-state index >= 15 is 0 Å². The summed E-state index contributed by atoms with van der Waals surface area (Å²) in [6.07, 6.45) is 0.759. The SMILES string of the molecule is CC(C)OC(=O)c1ccc(NC(=O)CCCOc2ccc(Cl)cc2)cc1. The molecular formula is C20H22ClNO4. The Bertz CT molecular complexity index is 726. The van der Waals surface area contributed by atoms with Crippen molar-refractivity contribution in [3.8, 4) is 5.75 Å². The summed E-state index contributed by atoms with van der Waals surface area (Å²) in [5.41, 5.74) is 1.09. The van der Waals surface area contributed by atoms with Gasteiger partial charge in [0.25, 0.3) is 0 Å². The molecule has 2 aromatic rings. The zero-order valence-corrected chi connectivity index (χ0v) is 15.6. The average molecular weight is 376 g/mol. The van der Waals surface area contributed by atoms with Crippen LogP contribution in [0.15, 0.2) is 48.5 Å². The van der Waals surface area contributed by atoms with Gasteiger partial charge in [-0.3, -0.25) is 4.79 Å². The minimum absolute atomic E-state index is 0.109. The summed E-state index contributed by atoms with van der Waals surface area (Å²) in [6, 6.07) is 13.7. The van der Waals surface area contributed by atoms with Crippen LogP contribution >= 0.6 is 11.6 Å². The summed E-state index contributed by atoms with van der Waals surface area (Å²) >= 11 is 5.81. The summed E-state index contributed by atoms with van der Waals surface area (Å²) in [5.74, 6) is 0.234. The second-order valence-electron chi connectivity index (χ2n) is 5.99. The van der Waals surface area contributed by atoms with Gasteiger partial charge in [-0.1, -0.05) is 11.6 Å². The molecule has 0 unspecified atom stereocenters. The van der Waals surface area contributed by atoms with Crippen LogP contribution in [0.25, 0.3) is 0 Å². The van der Waals surface area contributed by atoms with Crippen molar-refractivity contribution in [2.75, 3.05) is 11.9 Å². The fraction of sp³-hybridized carbons (Fsp3) is 0.300. The van der Waals surface area contributed by atoms with Crippen LogP contribution in [0, 0.1) is 0 Å². The van der Waals surface area contributed by atoms with Crippen molar-refractivity contribution in [1.82, 2.24) is 0 Å². The lowest BCUT2D eigenvalue weighted by atomic mass is 10.2. The van der Waals surface area contributed by atoms with Crippen molar-refractivity contribution in [2.24, 2.45) is 0 Å². The summed E-state index contributed by atoms with van der Waals surface area (Å²) in [5, 5.41) is 3.44. The van der Waals surface area contributed by atoms with Gasteiger partial charge in [-0.15, -0.1) is 0 Å². The van der Waals surface area contributed by atoms with Crippen molar-refractivity contribution in [3.05, 3.63) is 59.1 Å². The van der Waals surface area contributed by atoms with Crippen LogP contribution in [0.3, 0.4) is 0 Å². The molecule has 0 atom stereocenters. The number of ether oxygens (including phenoxy) is 2. The third kappa shape index (κ3) is 6.76. The molecule has 0 aliphatic rings. The molecule has 0 aromatic heterocycles. The molecule has 2 rings (SSSR count). The predicted octanol–water partition coefficient (Wildman–Crippen LogP) is 4.70. The van der Waals surface area contributed by atoms with Gasteiger partial charge >= 0.3 is 5.97 Å². The van der Waals surface area contributed by atoms with E-state index < -0.39 is 0 Å². The molecule has 1 N–H and O–H groups in total. The zero-order chi connectivity index (χ0) is 18.9. The number of nitrogens with one attached hydrogen (secondary N) is 1. The molecule has 0 aliphatic carbocycles. The van der Waals surface area contributed by atoms with Crippen LogP contribution in [-0.4, -0.2) is 24.6 Å². The zero-order valence-electron chi connectivity index (χ0n) is 14.8. The summed E-state index contributed by atoms with van der Waals surface area (Å²) in [4.78, 5) is 23.7. The van der Waals surface area contributed by atoms with Gasteiger partial charge in [0.1, 0.15) is 5.75 Å². The molecule has 0 aliphatic heterocycles. The summed E-state index contributed by atoms with van der Waals surface area (Å²) in [6.45, 7) is 4.03. The van der Waals surface area contributed by atoms with Crippen LogP contribution in [-0.2, 0) is 9.53 Å². The second kappa shape index (κ2) is 9.82. The second-order valence-corrected chi connectivity index (χ2v) is 6.42. The predicted molar refractivity (Wildman–Crippen MR) is 102 cm³/mol. The van der Waals surface area contributed by atoms with E-state index in [9.17, 15) is 9.59 Å². The smallest absolute Gasteiger partial charge is 0.338 e. The van der Waals surface area contributed by atoms with Gasteiger partial charge in [0, 0.05) is 17.1 Å². The Balaban J connectivity index is 1.72. The lowest BCUT2D eigenvalue weighted by molar-refractivity contribution is -0.116. The van der Waals surface area contributed by atoms with Crippen LogP contribution < -0.4 is 10.1 Å². The number of amides is 1. The Hall–Kier alpha value is -2.53. The molecule has 0 heterocycles. The molecule has 0 radical (unpaired) electrons. The molecular weight excluding hydrogens is 354 g/mol. The summed E-state index contributed by atoms with van der Waals surface area (Å²) in [7, 11) is 0. The Labute approximate surface area is 158 Å². The molecule has 0 saturated carbocycles. The third-order valence-electron chi connectivity index (χ3n) is 3.38. The molecule has 6 heteroatoms. The largest absolute Gasteiger partial charge is 0.494 e. The highest BCUT2D eigenvalue weighted by Gasteiger charge is 2.09. The Morgan fingerprint density at radius 1 is 1.04 bits per heavy atom. The topological polar surface area (TPSA) is 64.6 Å². The van der Waals surface area contributed by atoms with Gasteiger partial charge in [-0.25, -0.2) is 4.79 Å². The van der Waals surface area contributed by atoms with E-state index in [1.165, 1.54) is 0 Å². The van der Waals surface area contributed by atoms with E-state index in [2.05, 4.69) is 5.32 Å². The number of carbonyl (C=O) groups is 2. The molecule has 0 saturated heterocycles. The maximum atomic E-state index is 12.0. The van der Waals surface area contributed by atoms with Gasteiger partial charge in [0.05, 0.1) is 18.3 Å². The quantitative estimate of drug-likeness (QED) is 0.536. The number of hydrogen-bond acceptors (Lipinski definition) is 4. The van der Waals surface area contributed by atoms with E-state index in [-0.39, 0.29) is 18.0 Å². The number of rotatable bonds is 8. The standard InChI is InChI=1S/C20H22ClNO4/c1-14(2)26-20(24)15-5-9-17(10-6-15)22-19(23)4-3-13-25-18-11-7-16(21)8-12-18/h5-12,14H,3-4,13H2,1-2H3,(H,22,23). The first-order valence-electron chi connectivity index (χ1n) is 8.43. The molecule has 5 nitrogen and oxygen atoms in total. The van der Waals surface area contributed by atoms with E-state index in [1.807, 2.05) is 0 Å². The van der Waals surface area contributed by atoms with Crippen LogP contribution in [0.4, 0.5) is 5.69 Å². The van der Waals surface area contributed by atoms with Gasteiger partial charge in [0.2, 0.25) is 5.91 Å². The van der Waals surface area contributed by atoms with E-state index in [4.69, 9.17) is 21.1 Å². The van der Waals surface area contributed by atoms with E-state index in [0.717, 1.165) is 5.75 Å². The number of esters is 1. The van der Waals surface area contributed by atoms with Crippen molar-refractivity contribution < 1.29 is 19.1 Å². The first kappa shape index (κ1) is 19.8. The highest BCUT2D eigenvalue weighted by molar-refractivity contribution is 6.30. The van der Waals surface area contributed by atoms with E-state index in [0.29, 0.717) is 35.7 Å². The van der Waals surface area contributed by atoms with Gasteiger partial charge in [0.15, 0.2) is 0 Å². The Morgan fingerprint density at radius 3 is 2.31 bits per heavy atom. The van der Waals surface area contributed by atoms with Crippen LogP contribution in [0.2, 0.25) is 5.02 Å². The normalized spacial score (nSPS) is 10.5. The van der Waals surface area contributed by atoms with Crippen molar-refractivity contribution in [1.29, 1.82) is 0 Å². The lowest BCUT2D eigenvalue weighted by Crippen LogP contribution is -2.14. The number of carbonyl (C=O) groups excluding carboxylic acids is 2. The maximum Gasteiger partial charge on any atom is 0.338 e. The Morgan fingerprint density at radius 2 is 1.69 bits per heavy atom. The fourth-order valence-electron chi connectivity index (χ4n) is 2.15. The summed E-state index contributed by atoms with van der Waals surface area (Å²) < 4.78 is 10.7. The van der Waals surface area contributed by atoms with Crippen LogP contribution in [0.5, 0.6) is 5.75 Å². The minimum atomic E-state index is -0.378. The highest BCUT2D eigenvalue weighted by atomic mass is 35.5. The molecule has 26 heavy (non-hydrogen) atoms. The molecule has 1 amide bonds. The third-order valence-corrected chi connectivity index (χ3v) is 3.63. The molecule has 138 valence electrons. The van der Waals surface area contributed by atoms with Crippen LogP contribution in [0.1, 0.15) is 37.0 Å². The minimum Gasteiger partial charge on any atom is -0.494 e. The number of anilines is 1. The average Bonchev–Trinajstić information content (AvgIpc) is 2.60. The monoisotopic (exact) mass is 375 g/mol. The Kier molecular flexibility index (Phi) is 7.48. The van der Waals surface area contributed by atoms with Crippen molar-refractivity contribution in [2.45, 2.75) is 32.8 Å². The lowest BCUT2D eigenvalue weighted by Gasteiger charge is -2.09. The molecule has 0 spiro atoms. The molecule has 0 bridgehead atoms. The van der Waals surface area contributed by atoms with Crippen molar-refractivity contribution in [3.63, 3.8) is 0 Å². The first-order valence-corrected chi connectivity index (χ1v) is 8.81.